The summed E-state index contributed by atoms with van der Waals surface area (Å²) in [4.78, 5) is 0. The Morgan fingerprint density at radius 1 is 1.35 bits per heavy atom. The molecule has 0 aromatic heterocycles. The molecule has 1 rings (SSSR count). The highest BCUT2D eigenvalue weighted by Crippen LogP contribution is 2.15. The zero-order chi connectivity index (χ0) is 12.5. The van der Waals surface area contributed by atoms with Crippen LogP contribution in [0.4, 0.5) is 0 Å². The highest BCUT2D eigenvalue weighted by Gasteiger charge is 2.02. The molecule has 0 fully saturated rings. The molecule has 0 heterocycles. The van der Waals surface area contributed by atoms with Gasteiger partial charge in [0.25, 0.3) is 0 Å². The molecule has 0 aliphatic rings. The maximum Gasteiger partial charge on any atom is 0.119 e. The van der Waals surface area contributed by atoms with Crippen molar-refractivity contribution >= 4 is 11.8 Å². The van der Waals surface area contributed by atoms with Gasteiger partial charge in [-0.25, -0.2) is 0 Å². The molecule has 1 unspecified atom stereocenters. The quantitative estimate of drug-likeness (QED) is 0.723. The Kier molecular flexibility index (Phi) is 7.13. The fraction of sp³-hybridized carbons (Fsp3) is 0.571. The van der Waals surface area contributed by atoms with Gasteiger partial charge in [-0.2, -0.15) is 11.8 Å². The van der Waals surface area contributed by atoms with E-state index >= 15 is 0 Å². The van der Waals surface area contributed by atoms with Crippen LogP contribution in [0.25, 0.3) is 0 Å². The monoisotopic (exact) mass is 253 g/mol. The van der Waals surface area contributed by atoms with Gasteiger partial charge < -0.3 is 10.5 Å². The molecule has 17 heavy (non-hydrogen) atoms. The van der Waals surface area contributed by atoms with Crippen molar-refractivity contribution in [3.05, 3.63) is 29.8 Å². The summed E-state index contributed by atoms with van der Waals surface area (Å²) in [7, 11) is 0. The Hall–Kier alpha value is -0.670. The molecule has 0 aliphatic carbocycles. The van der Waals surface area contributed by atoms with Crippen LogP contribution in [0.3, 0.4) is 0 Å². The van der Waals surface area contributed by atoms with Crippen LogP contribution in [0.15, 0.2) is 24.3 Å². The van der Waals surface area contributed by atoms with Crippen LogP contribution in [-0.4, -0.2) is 24.2 Å². The fourth-order valence-electron chi connectivity index (χ4n) is 1.57. The summed E-state index contributed by atoms with van der Waals surface area (Å²) in [5, 5.41) is 0. The second-order valence-electron chi connectivity index (χ2n) is 4.07. The van der Waals surface area contributed by atoms with E-state index in [4.69, 9.17) is 10.5 Å². The first-order valence-electron chi connectivity index (χ1n) is 6.31. The summed E-state index contributed by atoms with van der Waals surface area (Å²) in [6, 6.07) is 8.52. The van der Waals surface area contributed by atoms with Gasteiger partial charge >= 0.3 is 0 Å². The molecule has 0 amide bonds. The van der Waals surface area contributed by atoms with E-state index < -0.39 is 0 Å². The lowest BCUT2D eigenvalue weighted by molar-refractivity contribution is 0.343. The summed E-state index contributed by atoms with van der Waals surface area (Å²) in [5.74, 6) is 3.16. The van der Waals surface area contributed by atoms with E-state index in [-0.39, 0.29) is 6.04 Å². The van der Waals surface area contributed by atoms with E-state index in [2.05, 4.69) is 26.0 Å². The molecule has 2 N–H and O–H groups in total. The Balaban J connectivity index is 2.42. The predicted octanol–water partition coefficient (Wildman–Crippen LogP) is 3.10. The van der Waals surface area contributed by atoms with Crippen LogP contribution in [0, 0.1) is 0 Å². The number of hydrogen-bond acceptors (Lipinski definition) is 3. The van der Waals surface area contributed by atoms with Gasteiger partial charge in [-0.05, 0) is 36.3 Å². The lowest BCUT2D eigenvalue weighted by atomic mass is 10.0. The zero-order valence-electron chi connectivity index (χ0n) is 10.8. The largest absolute Gasteiger partial charge is 0.493 e. The SMILES string of the molecule is CCSCCOc1cccc(CC(N)CC)c1. The number of thioether (sulfide) groups is 1. The molecule has 0 aliphatic heterocycles. The van der Waals surface area contributed by atoms with Gasteiger partial charge in [0.05, 0.1) is 6.61 Å². The van der Waals surface area contributed by atoms with Crippen LogP contribution in [0.5, 0.6) is 5.75 Å². The van der Waals surface area contributed by atoms with Gasteiger partial charge in [-0.3, -0.25) is 0 Å². The van der Waals surface area contributed by atoms with Crippen molar-refractivity contribution in [3.8, 4) is 5.75 Å². The third kappa shape index (κ3) is 5.99. The smallest absolute Gasteiger partial charge is 0.119 e. The number of rotatable bonds is 8. The molecule has 96 valence electrons. The normalized spacial score (nSPS) is 12.4. The average Bonchev–Trinajstić information content (AvgIpc) is 2.35. The Bertz CT molecular complexity index is 317. The first kappa shape index (κ1) is 14.4. The van der Waals surface area contributed by atoms with Gasteiger partial charge in [-0.15, -0.1) is 0 Å². The van der Waals surface area contributed by atoms with E-state index in [1.807, 2.05) is 23.9 Å². The molecule has 0 radical (unpaired) electrons. The van der Waals surface area contributed by atoms with Crippen molar-refractivity contribution in [1.29, 1.82) is 0 Å². The van der Waals surface area contributed by atoms with Gasteiger partial charge in [0.2, 0.25) is 0 Å². The second-order valence-corrected chi connectivity index (χ2v) is 5.46. The van der Waals surface area contributed by atoms with Crippen molar-refractivity contribution in [2.75, 3.05) is 18.1 Å². The molecule has 2 nitrogen and oxygen atoms in total. The number of hydrogen-bond donors (Lipinski definition) is 1. The Morgan fingerprint density at radius 2 is 2.18 bits per heavy atom. The average molecular weight is 253 g/mol. The van der Waals surface area contributed by atoms with E-state index in [1.54, 1.807) is 0 Å². The van der Waals surface area contributed by atoms with Crippen molar-refractivity contribution in [3.63, 3.8) is 0 Å². The minimum Gasteiger partial charge on any atom is -0.493 e. The lowest BCUT2D eigenvalue weighted by Gasteiger charge is -2.10. The van der Waals surface area contributed by atoms with Gasteiger partial charge in [0.1, 0.15) is 5.75 Å². The van der Waals surface area contributed by atoms with E-state index in [1.165, 1.54) is 5.56 Å². The summed E-state index contributed by atoms with van der Waals surface area (Å²) in [6.07, 6.45) is 1.94. The summed E-state index contributed by atoms with van der Waals surface area (Å²) in [5.41, 5.74) is 7.21. The van der Waals surface area contributed by atoms with Crippen LogP contribution in [0.2, 0.25) is 0 Å². The second kappa shape index (κ2) is 8.43. The van der Waals surface area contributed by atoms with Crippen LogP contribution < -0.4 is 10.5 Å². The van der Waals surface area contributed by atoms with Gasteiger partial charge in [0, 0.05) is 11.8 Å². The predicted molar refractivity (Wildman–Crippen MR) is 76.9 cm³/mol. The highest BCUT2D eigenvalue weighted by atomic mass is 32.2. The minimum atomic E-state index is 0.251. The Morgan fingerprint density at radius 3 is 2.88 bits per heavy atom. The topological polar surface area (TPSA) is 35.2 Å². The molecule has 0 saturated heterocycles. The molecular weight excluding hydrogens is 230 g/mol. The number of ether oxygens (including phenoxy) is 1. The minimum absolute atomic E-state index is 0.251. The summed E-state index contributed by atoms with van der Waals surface area (Å²) < 4.78 is 5.70. The lowest BCUT2D eigenvalue weighted by Crippen LogP contribution is -2.21. The van der Waals surface area contributed by atoms with Crippen LogP contribution in [0.1, 0.15) is 25.8 Å². The van der Waals surface area contributed by atoms with Gasteiger partial charge in [0.15, 0.2) is 0 Å². The molecule has 1 aromatic rings. The third-order valence-electron chi connectivity index (χ3n) is 2.62. The van der Waals surface area contributed by atoms with E-state index in [0.29, 0.717) is 0 Å². The molecule has 0 saturated carbocycles. The molecular formula is C14H23NOS. The van der Waals surface area contributed by atoms with E-state index in [0.717, 1.165) is 36.7 Å². The molecule has 1 aromatic carbocycles. The standard InChI is InChI=1S/C14H23NOS/c1-3-13(15)10-12-6-5-7-14(11-12)16-8-9-17-4-2/h5-7,11,13H,3-4,8-10,15H2,1-2H3. The third-order valence-corrected chi connectivity index (χ3v) is 3.48. The fourth-order valence-corrected chi connectivity index (χ4v) is 2.06. The van der Waals surface area contributed by atoms with Crippen LogP contribution in [-0.2, 0) is 6.42 Å². The van der Waals surface area contributed by atoms with Crippen molar-refractivity contribution in [2.24, 2.45) is 5.73 Å². The zero-order valence-corrected chi connectivity index (χ0v) is 11.6. The number of benzene rings is 1. The number of nitrogens with two attached hydrogens (primary N) is 1. The summed E-state index contributed by atoms with van der Waals surface area (Å²) in [6.45, 7) is 5.06. The van der Waals surface area contributed by atoms with Crippen molar-refractivity contribution in [2.45, 2.75) is 32.7 Å². The first-order valence-corrected chi connectivity index (χ1v) is 7.46. The van der Waals surface area contributed by atoms with E-state index in [9.17, 15) is 0 Å². The highest BCUT2D eigenvalue weighted by molar-refractivity contribution is 7.99. The molecule has 3 heteroatoms. The maximum absolute atomic E-state index is 5.95. The van der Waals surface area contributed by atoms with Crippen molar-refractivity contribution < 1.29 is 4.74 Å². The van der Waals surface area contributed by atoms with Crippen LogP contribution >= 0.6 is 11.8 Å². The molecule has 0 spiro atoms. The molecule has 1 atom stereocenters. The molecule has 0 bridgehead atoms. The van der Waals surface area contributed by atoms with Crippen molar-refractivity contribution in [1.82, 2.24) is 0 Å². The Labute approximate surface area is 109 Å². The first-order chi connectivity index (χ1) is 8.26. The van der Waals surface area contributed by atoms with Gasteiger partial charge in [-0.1, -0.05) is 26.0 Å². The maximum atomic E-state index is 5.95. The summed E-state index contributed by atoms with van der Waals surface area (Å²) >= 11 is 1.90.